The molecule has 0 aliphatic rings. The van der Waals surface area contributed by atoms with Crippen molar-refractivity contribution >= 4 is 28.6 Å². The molecule has 0 unspecified atom stereocenters. The van der Waals surface area contributed by atoms with Crippen molar-refractivity contribution < 1.29 is 4.79 Å². The van der Waals surface area contributed by atoms with Crippen molar-refractivity contribution in [2.45, 2.75) is 0 Å². The number of isocyanates is 1. The molecular weight excluding hydrogens is 110 g/mol. The minimum absolute atomic E-state index is 0.750. The lowest BCUT2D eigenvalue weighted by atomic mass is 11.7. The van der Waals surface area contributed by atoms with E-state index < -0.39 is 0 Å². The van der Waals surface area contributed by atoms with Crippen LogP contribution in [0.2, 0.25) is 0 Å². The molecule has 0 heterocycles. The third-order valence-corrected chi connectivity index (χ3v) is 0. The molecule has 0 spiro atoms. The summed E-state index contributed by atoms with van der Waals surface area (Å²) >= 11 is 3.00. The molecule has 0 saturated heterocycles. The maximum absolute atomic E-state index is 8.35. The second kappa shape index (κ2) is 35.2. The lowest BCUT2D eigenvalue weighted by Gasteiger charge is -1.06. The van der Waals surface area contributed by atoms with Gasteiger partial charge in [-0.25, -0.2) is 10.2 Å². The van der Waals surface area contributed by atoms with Crippen LogP contribution >= 0.6 is 22.5 Å². The zero-order valence-electron chi connectivity index (χ0n) is 2.23. The van der Waals surface area contributed by atoms with Crippen LogP contribution in [-0.4, -0.2) is 6.08 Å². The highest BCUT2D eigenvalue weighted by Crippen LogP contribution is 1.67. The molecule has 2 nitrogen and oxygen atoms in total. The second-order valence-corrected chi connectivity index (χ2v) is 0.102. The Morgan fingerprint density at radius 3 is 1.80 bits per heavy atom. The van der Waals surface area contributed by atoms with Crippen molar-refractivity contribution in [1.82, 2.24) is 0 Å². The molecule has 4 heteroatoms. The number of rotatable bonds is 0. The van der Waals surface area contributed by atoms with E-state index in [0.717, 1.165) is 6.08 Å². The van der Waals surface area contributed by atoms with E-state index in [1.807, 2.05) is 0 Å². The van der Waals surface area contributed by atoms with Gasteiger partial charge in [-0.1, -0.05) is 11.8 Å². The van der Waals surface area contributed by atoms with E-state index in [1.54, 1.807) is 0 Å². The van der Waals surface area contributed by atoms with Crippen LogP contribution in [0.3, 0.4) is 0 Å². The van der Waals surface area contributed by atoms with Crippen LogP contribution in [0.5, 0.6) is 0 Å². The van der Waals surface area contributed by atoms with Crippen molar-refractivity contribution in [2.75, 3.05) is 0 Å². The molecule has 0 radical (unpaired) electrons. The van der Waals surface area contributed by atoms with E-state index in [4.69, 9.17) is 10.2 Å². The highest BCUT2D eigenvalue weighted by atomic mass is 35.7. The fourth-order valence-electron chi connectivity index (χ4n) is 0. The summed E-state index contributed by atoms with van der Waals surface area (Å²) < 4.78 is 0. The Balaban J connectivity index is 0. The molecule has 0 aromatic carbocycles. The number of halogens is 1. The van der Waals surface area contributed by atoms with Crippen LogP contribution in [0, 0.1) is 5.41 Å². The molecule has 0 aromatic heterocycles. The highest BCUT2D eigenvalue weighted by Gasteiger charge is 1.03. The lowest BCUT2D eigenvalue weighted by Crippen LogP contribution is -1.16. The molecule has 0 aromatic rings. The van der Waals surface area contributed by atoms with E-state index in [9.17, 15) is 0 Å². The van der Waals surface area contributed by atoms with Gasteiger partial charge in [0.25, 0.3) is 0 Å². The zero-order valence-corrected chi connectivity index (χ0v) is 3.88. The molecule has 5 heavy (non-hydrogen) atoms. The number of carbonyl (C=O) groups excluding carboxylic acids is 1. The van der Waals surface area contributed by atoms with Gasteiger partial charge in [-0.05, 0) is 10.7 Å². The summed E-state index contributed by atoms with van der Waals surface area (Å²) in [6.07, 6.45) is 0.750. The van der Waals surface area contributed by atoms with Crippen LogP contribution in [0.4, 0.5) is 0 Å². The Bertz CT molecular complexity index is 32.6. The Morgan fingerprint density at radius 2 is 1.80 bits per heavy atom. The molecule has 0 atom stereocenters. The first-order valence-corrected chi connectivity index (χ1v) is 1.98. The summed E-state index contributed by atoms with van der Waals surface area (Å²) in [6.45, 7) is 0. The average molecular weight is 112 g/mol. The third kappa shape index (κ3) is 41000. The van der Waals surface area contributed by atoms with Gasteiger partial charge in [0.05, 0.1) is 0 Å². The monoisotopic (exact) mass is 111 g/mol. The van der Waals surface area contributed by atoms with Gasteiger partial charge in [0.1, 0.15) is 0 Å². The Labute approximate surface area is 39.6 Å². The van der Waals surface area contributed by atoms with Crippen molar-refractivity contribution in [2.24, 2.45) is 0 Å². The molecule has 30 valence electrons. The van der Waals surface area contributed by atoms with Crippen LogP contribution < -0.4 is 0 Å². The lowest BCUT2D eigenvalue weighted by molar-refractivity contribution is 0.563. The van der Waals surface area contributed by atoms with Crippen molar-refractivity contribution in [3.05, 3.63) is 0 Å². The van der Waals surface area contributed by atoms with Crippen LogP contribution in [0.25, 0.3) is 0 Å². The molecule has 0 bridgehead atoms. The number of hydrogen-bond donors (Lipinski definition) is 2. The predicted octanol–water partition coefficient (Wildman–Crippen LogP) is 0.971. The van der Waals surface area contributed by atoms with Crippen LogP contribution in [0.15, 0.2) is 0 Å². The largest absolute Gasteiger partial charge is 0.231 e. The van der Waals surface area contributed by atoms with Gasteiger partial charge in [-0.2, -0.15) is 0 Å². The molecule has 1 N–H and O–H groups in total. The SMILES string of the molecule is N=C=O.SCl. The van der Waals surface area contributed by atoms with Gasteiger partial charge in [0, 0.05) is 0 Å². The van der Waals surface area contributed by atoms with Gasteiger partial charge in [-0.3, -0.25) is 0 Å². The zero-order chi connectivity index (χ0) is 4.71. The van der Waals surface area contributed by atoms with E-state index in [-0.39, 0.29) is 0 Å². The molecular formula is CH2ClNOS. The Kier molecular flexibility index (Phi) is 62.7. The van der Waals surface area contributed by atoms with Gasteiger partial charge >= 0.3 is 0 Å². The van der Waals surface area contributed by atoms with Gasteiger partial charge in [0.15, 0.2) is 0 Å². The number of nitrogens with one attached hydrogen (secondary N) is 1. The van der Waals surface area contributed by atoms with Crippen molar-refractivity contribution in [3.63, 3.8) is 0 Å². The molecule has 0 amide bonds. The number of hydrogen-bond acceptors (Lipinski definition) is 3. The highest BCUT2D eigenvalue weighted by molar-refractivity contribution is 8.05. The Morgan fingerprint density at radius 1 is 1.80 bits per heavy atom. The molecule has 0 rings (SSSR count). The van der Waals surface area contributed by atoms with E-state index in [2.05, 4.69) is 22.5 Å². The van der Waals surface area contributed by atoms with E-state index in [1.165, 1.54) is 0 Å². The summed E-state index contributed by atoms with van der Waals surface area (Å²) in [4.78, 5) is 8.35. The fraction of sp³-hybridized carbons (Fsp3) is 0. The van der Waals surface area contributed by atoms with Gasteiger partial charge in [0.2, 0.25) is 6.08 Å². The maximum Gasteiger partial charge on any atom is 0.231 e. The van der Waals surface area contributed by atoms with Crippen LogP contribution in [-0.2, 0) is 4.79 Å². The fourth-order valence-corrected chi connectivity index (χ4v) is 0. The molecule has 0 fully saturated rings. The van der Waals surface area contributed by atoms with Crippen LogP contribution in [0.1, 0.15) is 0 Å². The summed E-state index contributed by atoms with van der Waals surface area (Å²) in [6, 6.07) is 0. The van der Waals surface area contributed by atoms with Gasteiger partial charge < -0.3 is 0 Å². The minimum Gasteiger partial charge on any atom is -0.222 e. The molecule has 0 aliphatic heterocycles. The third-order valence-electron chi connectivity index (χ3n) is 0. The first kappa shape index (κ1) is 8.89. The first-order valence-electron chi connectivity index (χ1n) is 0.623. The van der Waals surface area contributed by atoms with E-state index >= 15 is 0 Å². The maximum atomic E-state index is 8.35. The summed E-state index contributed by atoms with van der Waals surface area (Å²) in [5, 5.41) is 5.40. The van der Waals surface area contributed by atoms with Crippen molar-refractivity contribution in [3.8, 4) is 0 Å². The van der Waals surface area contributed by atoms with Crippen molar-refractivity contribution in [1.29, 1.82) is 5.41 Å². The average Bonchev–Trinajstić information content (AvgIpc) is 1.46. The smallest absolute Gasteiger partial charge is 0.222 e. The summed E-state index contributed by atoms with van der Waals surface area (Å²) in [5.74, 6) is 0. The summed E-state index contributed by atoms with van der Waals surface area (Å²) in [5.41, 5.74) is 0. The second-order valence-electron chi connectivity index (χ2n) is 0.102. The standard InChI is InChI=1S/CHNO.ClHS/c2-1-3;1-2/h2H;2H. The normalized spacial score (nSPS) is 2.80. The topological polar surface area (TPSA) is 40.9 Å². The predicted molar refractivity (Wildman–Crippen MR) is 23.3 cm³/mol. The molecule has 0 saturated carbocycles. The number of thiol groups is 1. The van der Waals surface area contributed by atoms with E-state index in [0.29, 0.717) is 0 Å². The molecule has 0 aliphatic carbocycles. The quantitative estimate of drug-likeness (QED) is 0.273. The van der Waals surface area contributed by atoms with Gasteiger partial charge in [-0.15, -0.1) is 0 Å². The Hall–Kier alpha value is 0.0200. The minimum atomic E-state index is 0.750. The summed E-state index contributed by atoms with van der Waals surface area (Å²) in [7, 11) is 4.33. The first-order chi connectivity index (χ1) is 2.41.